The Kier molecular flexibility index (Phi) is 41.9. The van der Waals surface area contributed by atoms with Crippen LogP contribution in [-0.4, -0.2) is 157 Å². The first-order valence-corrected chi connectivity index (χ1v) is 31.4. The van der Waals surface area contributed by atoms with Crippen molar-refractivity contribution in [3.63, 3.8) is 0 Å². The molecule has 27 nitrogen and oxygen atoms in total. The molecule has 11 atom stereocenters. The van der Waals surface area contributed by atoms with Crippen LogP contribution in [0.25, 0.3) is 0 Å². The first-order chi connectivity index (χ1) is 40.6. The number of unbranched alkanes of at least 4 members (excludes halogenated alkanes) is 8. The normalized spacial score (nSPS) is 15.2. The highest BCUT2D eigenvalue weighted by molar-refractivity contribution is 5.98. The molecule has 0 saturated heterocycles. The average Bonchev–Trinajstić information content (AvgIpc) is 3.64. The van der Waals surface area contributed by atoms with Crippen molar-refractivity contribution < 1.29 is 53.1 Å². The van der Waals surface area contributed by atoms with Crippen molar-refractivity contribution in [3.05, 3.63) is 0 Å². The molecule has 22 N–H and O–H groups in total. The van der Waals surface area contributed by atoms with E-state index in [1.165, 1.54) is 6.92 Å². The van der Waals surface area contributed by atoms with Crippen LogP contribution in [0.2, 0.25) is 0 Å². The van der Waals surface area contributed by atoms with Crippen molar-refractivity contribution in [3.8, 4) is 0 Å². The van der Waals surface area contributed by atoms with E-state index in [0.717, 1.165) is 38.5 Å². The summed E-state index contributed by atoms with van der Waals surface area (Å²) in [7, 11) is 0. The SMILES string of the molecule is CCCCCCCCC[C@H](NC(=O)CN)C(=O)N[C@@H](CC(C)C)C(=O)N[C@@H](CCCCN)C(=O)N[C@@H](CCCN=C(N)N)C(=O)N[C@H](C(=O)N[C@@H](CCCCN)C(=O)N[C@H](C(=O)N[C@@H](CC(C)C)C(=O)N[C@@H](CC(C)C)C(N)=O)[C@@H](C)O)[C@@H](C)CC. The molecule has 86 heavy (non-hydrogen) atoms. The first kappa shape index (κ1) is 79.8. The maximum atomic E-state index is 14.6. The van der Waals surface area contributed by atoms with E-state index >= 15 is 0 Å². The topological polar surface area (TPSA) is 468 Å². The predicted molar refractivity (Wildman–Crippen MR) is 333 cm³/mol. The van der Waals surface area contributed by atoms with Gasteiger partial charge in [-0.05, 0) is 121 Å². The van der Waals surface area contributed by atoms with Crippen LogP contribution >= 0.6 is 0 Å². The Labute approximate surface area is 511 Å². The molecule has 0 bridgehead atoms. The summed E-state index contributed by atoms with van der Waals surface area (Å²) in [5.41, 5.74) is 34.0. The highest BCUT2D eigenvalue weighted by Gasteiger charge is 2.37. The number of nitrogens with one attached hydrogen (secondary N) is 9. The number of carbonyl (C=O) groups excluding carboxylic acids is 10. The Morgan fingerprint density at radius 2 is 0.733 bits per heavy atom. The number of aliphatic hydroxyl groups is 1. The van der Waals surface area contributed by atoms with Gasteiger partial charge in [-0.15, -0.1) is 0 Å². The van der Waals surface area contributed by atoms with E-state index in [4.69, 9.17) is 34.4 Å². The van der Waals surface area contributed by atoms with Crippen LogP contribution in [0.3, 0.4) is 0 Å². The molecule has 0 aliphatic carbocycles. The maximum Gasteiger partial charge on any atom is 0.245 e. The monoisotopic (exact) mass is 1220 g/mol. The molecule has 27 heteroatoms. The Bertz CT molecular complexity index is 2090. The molecule has 0 spiro atoms. The molecule has 0 heterocycles. The van der Waals surface area contributed by atoms with Crippen molar-refractivity contribution in [2.24, 2.45) is 63.1 Å². The lowest BCUT2D eigenvalue weighted by Gasteiger charge is -2.30. The summed E-state index contributed by atoms with van der Waals surface area (Å²) >= 11 is 0. The van der Waals surface area contributed by atoms with Gasteiger partial charge in [0.15, 0.2) is 5.96 Å². The van der Waals surface area contributed by atoms with Gasteiger partial charge in [0, 0.05) is 6.54 Å². The van der Waals surface area contributed by atoms with Gasteiger partial charge in [0.05, 0.1) is 12.6 Å². The van der Waals surface area contributed by atoms with Crippen LogP contribution < -0.4 is 82.3 Å². The van der Waals surface area contributed by atoms with Crippen LogP contribution in [0.5, 0.6) is 0 Å². The lowest BCUT2D eigenvalue weighted by atomic mass is 9.96. The third-order valence-electron chi connectivity index (χ3n) is 14.6. The molecule has 0 aromatic carbocycles. The lowest BCUT2D eigenvalue weighted by Crippen LogP contribution is -2.62. The Balaban J connectivity index is 7.00. The zero-order valence-electron chi connectivity index (χ0n) is 53.5. The zero-order valence-corrected chi connectivity index (χ0v) is 53.5. The first-order valence-electron chi connectivity index (χ1n) is 31.4. The third-order valence-corrected chi connectivity index (χ3v) is 14.6. The lowest BCUT2D eigenvalue weighted by molar-refractivity contribution is -0.137. The molecule has 10 amide bonds. The predicted octanol–water partition coefficient (Wildman–Crippen LogP) is -0.189. The minimum Gasteiger partial charge on any atom is -0.391 e. The van der Waals surface area contributed by atoms with Gasteiger partial charge in [-0.3, -0.25) is 52.9 Å². The van der Waals surface area contributed by atoms with E-state index in [2.05, 4.69) is 59.8 Å². The van der Waals surface area contributed by atoms with Gasteiger partial charge >= 0.3 is 0 Å². The summed E-state index contributed by atoms with van der Waals surface area (Å²) in [6.07, 6.45) is 8.43. The van der Waals surface area contributed by atoms with Crippen molar-refractivity contribution in [2.75, 3.05) is 26.2 Å². The molecule has 0 aliphatic rings. The number of primary amides is 1. The second kappa shape index (κ2) is 45.1. The zero-order chi connectivity index (χ0) is 65.5. The highest BCUT2D eigenvalue weighted by atomic mass is 16.3. The summed E-state index contributed by atoms with van der Waals surface area (Å²) in [4.78, 5) is 142. The van der Waals surface area contributed by atoms with Crippen molar-refractivity contribution in [1.82, 2.24) is 47.9 Å². The molecule has 0 radical (unpaired) electrons. The van der Waals surface area contributed by atoms with Crippen molar-refractivity contribution >= 4 is 65.0 Å². The molecular formula is C59H114N16O11. The Hall–Kier alpha value is -6.19. The van der Waals surface area contributed by atoms with Crippen molar-refractivity contribution in [2.45, 2.75) is 258 Å². The molecule has 496 valence electrons. The minimum absolute atomic E-state index is 0.00536. The second-order valence-electron chi connectivity index (χ2n) is 24.0. The molecule has 0 fully saturated rings. The van der Waals surface area contributed by atoms with E-state index in [9.17, 15) is 53.1 Å². The molecule has 0 rings (SSSR count). The number of nitrogens with two attached hydrogens (primary N) is 6. The number of aliphatic hydroxyl groups excluding tert-OH is 1. The molecule has 0 aliphatic heterocycles. The summed E-state index contributed by atoms with van der Waals surface area (Å²) < 4.78 is 0. The number of amides is 10. The van der Waals surface area contributed by atoms with Gasteiger partial charge < -0.3 is 87.4 Å². The summed E-state index contributed by atoms with van der Waals surface area (Å²) in [5.74, 6) is -8.40. The largest absolute Gasteiger partial charge is 0.391 e. The van der Waals surface area contributed by atoms with Crippen molar-refractivity contribution in [1.29, 1.82) is 0 Å². The van der Waals surface area contributed by atoms with Gasteiger partial charge in [0.25, 0.3) is 0 Å². The van der Waals surface area contributed by atoms with E-state index in [1.54, 1.807) is 13.8 Å². The third kappa shape index (κ3) is 34.2. The summed E-state index contributed by atoms with van der Waals surface area (Å²) in [5, 5.41) is 35.2. The van der Waals surface area contributed by atoms with Crippen LogP contribution in [0, 0.1) is 23.7 Å². The van der Waals surface area contributed by atoms with Crippen LogP contribution in [0.15, 0.2) is 4.99 Å². The molecular weight excluding hydrogens is 1110 g/mol. The summed E-state index contributed by atoms with van der Waals surface area (Å²) in [6.45, 7) is 18.2. The number of hydrogen-bond acceptors (Lipinski definition) is 15. The number of hydrogen-bond donors (Lipinski definition) is 16. The van der Waals surface area contributed by atoms with Gasteiger partial charge in [-0.1, -0.05) is 114 Å². The van der Waals surface area contributed by atoms with Crippen LogP contribution in [-0.2, 0) is 47.9 Å². The molecule has 0 aromatic heterocycles. The van der Waals surface area contributed by atoms with Gasteiger partial charge in [0.2, 0.25) is 59.1 Å². The fourth-order valence-corrected chi connectivity index (χ4v) is 9.47. The molecule has 0 saturated carbocycles. The van der Waals surface area contributed by atoms with Gasteiger partial charge in [-0.2, -0.15) is 0 Å². The Morgan fingerprint density at radius 1 is 0.395 bits per heavy atom. The number of aliphatic imine (C=N–C) groups is 1. The van der Waals surface area contributed by atoms with Crippen LogP contribution in [0.4, 0.5) is 0 Å². The van der Waals surface area contributed by atoms with E-state index in [-0.39, 0.29) is 94.8 Å². The van der Waals surface area contributed by atoms with Crippen LogP contribution in [0.1, 0.15) is 198 Å². The minimum atomic E-state index is -1.63. The fourth-order valence-electron chi connectivity index (χ4n) is 9.47. The number of carbonyl (C=O) groups is 10. The Morgan fingerprint density at radius 3 is 1.14 bits per heavy atom. The molecule has 0 unspecified atom stereocenters. The van der Waals surface area contributed by atoms with E-state index in [1.807, 2.05) is 41.5 Å². The smallest absolute Gasteiger partial charge is 0.245 e. The second-order valence-corrected chi connectivity index (χ2v) is 24.0. The maximum absolute atomic E-state index is 14.6. The number of guanidine groups is 1. The van der Waals surface area contributed by atoms with Gasteiger partial charge in [-0.25, -0.2) is 0 Å². The standard InChI is InChI=1S/C59H114N16O11/c1-11-13-14-15-16-17-18-24-40(67-47(77)34-62)51(79)72-45(32-36(5)6)55(83)69-41(25-19-21-28-60)52(80)68-43(27-23-30-66-59(64)65)53(81)74-48(38(9)12-2)57(85)70-42(26-20-22-29-61)54(82)75-49(39(10)76)58(86)73-46(33-37(7)8)56(84)71-44(50(63)78)31-35(3)4/h35-46,48-49,76H,11-34,60-62H2,1-10H3,(H2,63,78)(H,67,77)(H,68,80)(H,69,83)(H,70,85)(H,71,84)(H,72,79)(H,73,86)(H,74,81)(H,75,82)(H4,64,65,66)/t38-,39+,40-,41-,42-,43-,44-,45-,46-,48-,49-/m0/s1. The number of nitrogens with zero attached hydrogens (tertiary/aromatic N) is 1. The van der Waals surface area contributed by atoms with E-state index < -0.39 is 125 Å². The van der Waals surface area contributed by atoms with Gasteiger partial charge in [0.1, 0.15) is 54.4 Å². The van der Waals surface area contributed by atoms with E-state index in [0.29, 0.717) is 44.9 Å². The fraction of sp³-hybridized carbons (Fsp3) is 0.814. The number of rotatable bonds is 48. The molecule has 0 aromatic rings. The average molecular weight is 1220 g/mol. The highest BCUT2D eigenvalue weighted by Crippen LogP contribution is 2.16. The quantitative estimate of drug-likeness (QED) is 0.0213. The summed E-state index contributed by atoms with van der Waals surface area (Å²) in [6, 6.07) is -11.2.